The highest BCUT2D eigenvalue weighted by Crippen LogP contribution is 2.18. The zero-order valence-corrected chi connectivity index (χ0v) is 15.0. The van der Waals surface area contributed by atoms with Gasteiger partial charge in [-0.3, -0.25) is 14.7 Å². The largest absolute Gasteiger partial charge is 0.393 e. The van der Waals surface area contributed by atoms with E-state index < -0.39 is 6.10 Å². The number of fused-ring (bicyclic) bond motifs is 1. The summed E-state index contributed by atoms with van der Waals surface area (Å²) < 4.78 is 0. The van der Waals surface area contributed by atoms with E-state index in [1.54, 1.807) is 19.5 Å². The number of amides is 1. The number of β-amino-alcohol motifs (C(OH)–C–C–N with tert-alkyl or cyclic N) is 1. The van der Waals surface area contributed by atoms with Crippen molar-refractivity contribution in [1.82, 2.24) is 15.5 Å². The lowest BCUT2D eigenvalue weighted by Crippen LogP contribution is -2.42. The smallest absolute Gasteiger partial charge is 0.254 e. The number of aliphatic hydroxyl groups is 1. The van der Waals surface area contributed by atoms with Gasteiger partial charge in [0.1, 0.15) is 0 Å². The van der Waals surface area contributed by atoms with Crippen molar-refractivity contribution in [2.45, 2.75) is 26.0 Å². The molecule has 1 aliphatic heterocycles. The Hall–Kier alpha value is -2.18. The second kappa shape index (κ2) is 9.96. The van der Waals surface area contributed by atoms with E-state index >= 15 is 0 Å². The number of nitrogens with one attached hydrogen (secondary N) is 2. The number of aliphatic imine (C=N–C) groups is 1. The molecule has 0 fully saturated rings. The van der Waals surface area contributed by atoms with E-state index in [0.717, 1.165) is 19.5 Å². The second-order valence-electron chi connectivity index (χ2n) is 6.13. The first-order valence-corrected chi connectivity index (χ1v) is 8.76. The summed E-state index contributed by atoms with van der Waals surface area (Å²) in [5, 5.41) is 15.9. The molecule has 0 aromatic heterocycles. The number of nitrogens with zero attached hydrogens (tertiary/aromatic N) is 2. The molecule has 1 aromatic carbocycles. The Morgan fingerprint density at radius 1 is 1.40 bits per heavy atom. The molecule has 3 N–H and O–H groups in total. The molecule has 0 bridgehead atoms. The van der Waals surface area contributed by atoms with Gasteiger partial charge in [-0.15, -0.1) is 0 Å². The van der Waals surface area contributed by atoms with Gasteiger partial charge in [0.15, 0.2) is 0 Å². The molecule has 136 valence electrons. The van der Waals surface area contributed by atoms with Crippen LogP contribution in [-0.4, -0.2) is 61.5 Å². The van der Waals surface area contributed by atoms with Crippen molar-refractivity contribution in [3.63, 3.8) is 0 Å². The van der Waals surface area contributed by atoms with Crippen LogP contribution in [-0.2, 0) is 17.8 Å². The lowest BCUT2D eigenvalue weighted by atomic mass is 10.00. The van der Waals surface area contributed by atoms with Gasteiger partial charge in [0.25, 0.3) is 5.91 Å². The first-order valence-electron chi connectivity index (χ1n) is 8.76. The zero-order valence-electron chi connectivity index (χ0n) is 15.0. The average molecular weight is 344 g/mol. The number of hydrogen-bond donors (Lipinski definition) is 3. The van der Waals surface area contributed by atoms with E-state index in [4.69, 9.17) is 0 Å². The van der Waals surface area contributed by atoms with Crippen LogP contribution in [0.5, 0.6) is 0 Å². The van der Waals surface area contributed by atoms with Gasteiger partial charge in [-0.25, -0.2) is 0 Å². The van der Waals surface area contributed by atoms with Crippen LogP contribution in [0.4, 0.5) is 0 Å². The summed E-state index contributed by atoms with van der Waals surface area (Å²) in [4.78, 5) is 18.5. The lowest BCUT2D eigenvalue weighted by Gasteiger charge is -2.30. The van der Waals surface area contributed by atoms with Gasteiger partial charge in [0, 0.05) is 52.2 Å². The maximum atomic E-state index is 12.2. The Labute approximate surface area is 149 Å². The predicted octanol–water partition coefficient (Wildman–Crippen LogP) is 0.716. The number of carbonyl (C=O) groups excluding carboxylic acids is 1. The Morgan fingerprint density at radius 2 is 2.16 bits per heavy atom. The lowest BCUT2D eigenvalue weighted by molar-refractivity contribution is -0.117. The van der Waals surface area contributed by atoms with Crippen molar-refractivity contribution in [3.05, 3.63) is 47.2 Å². The fraction of sp³-hybridized carbons (Fsp3) is 0.474. The van der Waals surface area contributed by atoms with Gasteiger partial charge in [0.2, 0.25) is 0 Å². The van der Waals surface area contributed by atoms with Crippen LogP contribution >= 0.6 is 0 Å². The van der Waals surface area contributed by atoms with Gasteiger partial charge in [-0.2, -0.15) is 0 Å². The summed E-state index contributed by atoms with van der Waals surface area (Å²) in [7, 11) is 1.73. The highest BCUT2D eigenvalue weighted by atomic mass is 16.3. The third-order valence-corrected chi connectivity index (χ3v) is 4.15. The monoisotopic (exact) mass is 344 g/mol. The third-order valence-electron chi connectivity index (χ3n) is 4.15. The van der Waals surface area contributed by atoms with E-state index in [1.807, 2.05) is 13.0 Å². The molecule has 0 saturated carbocycles. The summed E-state index contributed by atoms with van der Waals surface area (Å²) in [5.74, 6) is -0.241. The van der Waals surface area contributed by atoms with Crippen molar-refractivity contribution < 1.29 is 9.90 Å². The molecule has 25 heavy (non-hydrogen) atoms. The van der Waals surface area contributed by atoms with Crippen molar-refractivity contribution in [3.8, 4) is 0 Å². The Bertz CT molecular complexity index is 628. The standard InChI is InChI=1S/C19H28N4O2/c1-3-21-11-17(10-20-2)19(25)22-12-18(24)14-23-9-8-15-6-4-5-7-16(15)13-23/h4-7,10-11,18,20,24H,3,8-9,12-14H2,1-2H3,(H,22,25)/b17-10+,21-11-/t18-/m0/s1. The SMILES string of the molecule is CC/N=C\C(=C/NC)C(=O)NC[C@H](O)CN1CCc2ccccc2C1. The highest BCUT2D eigenvalue weighted by Gasteiger charge is 2.19. The number of aliphatic hydroxyl groups excluding tert-OH is 1. The molecular formula is C19H28N4O2. The van der Waals surface area contributed by atoms with Crippen LogP contribution in [0.1, 0.15) is 18.1 Å². The zero-order chi connectivity index (χ0) is 18.1. The van der Waals surface area contributed by atoms with Crippen molar-refractivity contribution in [1.29, 1.82) is 0 Å². The first kappa shape index (κ1) is 19.1. The Kier molecular flexibility index (Phi) is 7.63. The fourth-order valence-corrected chi connectivity index (χ4v) is 2.89. The molecule has 0 saturated heterocycles. The molecule has 0 spiro atoms. The highest BCUT2D eigenvalue weighted by molar-refractivity contribution is 6.12. The van der Waals surface area contributed by atoms with Crippen LogP contribution < -0.4 is 10.6 Å². The maximum absolute atomic E-state index is 12.2. The minimum atomic E-state index is -0.604. The molecule has 1 aliphatic rings. The number of benzene rings is 1. The summed E-state index contributed by atoms with van der Waals surface area (Å²) in [6.07, 6.45) is 3.54. The van der Waals surface area contributed by atoms with Crippen LogP contribution in [0, 0.1) is 0 Å². The molecule has 0 aliphatic carbocycles. The normalized spacial score (nSPS) is 16.5. The van der Waals surface area contributed by atoms with E-state index in [1.165, 1.54) is 11.1 Å². The second-order valence-corrected chi connectivity index (χ2v) is 6.13. The number of hydrogen-bond acceptors (Lipinski definition) is 5. The molecule has 0 radical (unpaired) electrons. The molecular weight excluding hydrogens is 316 g/mol. The van der Waals surface area contributed by atoms with Crippen LogP contribution in [0.2, 0.25) is 0 Å². The van der Waals surface area contributed by atoms with E-state index in [9.17, 15) is 9.90 Å². The number of carbonyl (C=O) groups is 1. The van der Waals surface area contributed by atoms with Crippen LogP contribution in [0.15, 0.2) is 41.0 Å². The van der Waals surface area contributed by atoms with E-state index in [2.05, 4.69) is 38.7 Å². The summed E-state index contributed by atoms with van der Waals surface area (Å²) in [6, 6.07) is 8.41. The van der Waals surface area contributed by atoms with Gasteiger partial charge >= 0.3 is 0 Å². The Balaban J connectivity index is 1.80. The maximum Gasteiger partial charge on any atom is 0.254 e. The molecule has 6 heteroatoms. The van der Waals surface area contributed by atoms with Crippen molar-refractivity contribution >= 4 is 12.1 Å². The van der Waals surface area contributed by atoms with Gasteiger partial charge in [-0.05, 0) is 24.5 Å². The van der Waals surface area contributed by atoms with E-state index in [0.29, 0.717) is 18.7 Å². The molecule has 1 heterocycles. The van der Waals surface area contributed by atoms with Crippen LogP contribution in [0.3, 0.4) is 0 Å². The minimum absolute atomic E-state index is 0.220. The topological polar surface area (TPSA) is 77.0 Å². The summed E-state index contributed by atoms with van der Waals surface area (Å²) >= 11 is 0. The summed E-state index contributed by atoms with van der Waals surface area (Å²) in [5.41, 5.74) is 3.15. The van der Waals surface area contributed by atoms with Gasteiger partial charge < -0.3 is 15.7 Å². The molecule has 1 amide bonds. The summed E-state index contributed by atoms with van der Waals surface area (Å²) in [6.45, 7) is 5.06. The third kappa shape index (κ3) is 5.99. The average Bonchev–Trinajstić information content (AvgIpc) is 2.63. The van der Waals surface area contributed by atoms with Gasteiger partial charge in [0.05, 0.1) is 11.7 Å². The van der Waals surface area contributed by atoms with Crippen LogP contribution in [0.25, 0.3) is 0 Å². The molecule has 1 atom stereocenters. The van der Waals surface area contributed by atoms with E-state index in [-0.39, 0.29) is 12.5 Å². The molecule has 2 rings (SSSR count). The minimum Gasteiger partial charge on any atom is -0.393 e. The van der Waals surface area contributed by atoms with Crippen molar-refractivity contribution in [2.75, 3.05) is 33.2 Å². The molecule has 1 aromatic rings. The number of rotatable bonds is 8. The molecule has 6 nitrogen and oxygen atoms in total. The van der Waals surface area contributed by atoms with Crippen molar-refractivity contribution in [2.24, 2.45) is 4.99 Å². The quantitative estimate of drug-likeness (QED) is 0.480. The Morgan fingerprint density at radius 3 is 2.88 bits per heavy atom. The van der Waals surface area contributed by atoms with Gasteiger partial charge in [-0.1, -0.05) is 24.3 Å². The fourth-order valence-electron chi connectivity index (χ4n) is 2.89. The first-order chi connectivity index (χ1) is 12.1. The molecule has 0 unspecified atom stereocenters. The predicted molar refractivity (Wildman–Crippen MR) is 101 cm³/mol.